The Morgan fingerprint density at radius 2 is 1.67 bits per heavy atom. The highest BCUT2D eigenvalue weighted by Crippen LogP contribution is 2.08. The van der Waals surface area contributed by atoms with Crippen LogP contribution in [0.3, 0.4) is 0 Å². The van der Waals surface area contributed by atoms with Crippen LogP contribution >= 0.6 is 0 Å². The first-order chi connectivity index (χ1) is 5.43. The molecule has 0 fully saturated rings. The number of hydrogen-bond acceptors (Lipinski definition) is 3. The van der Waals surface area contributed by atoms with Gasteiger partial charge in [0.25, 0.3) is 0 Å². The predicted octanol–water partition coefficient (Wildman–Crippen LogP) is 0.733. The summed E-state index contributed by atoms with van der Waals surface area (Å²) < 4.78 is 0. The van der Waals surface area contributed by atoms with Crippen molar-refractivity contribution in [1.29, 1.82) is 0 Å². The van der Waals surface area contributed by atoms with Gasteiger partial charge in [0.2, 0.25) is 0 Å². The fourth-order valence-corrected chi connectivity index (χ4v) is 0.882. The van der Waals surface area contributed by atoms with E-state index in [1.165, 1.54) is 0 Å². The standard InChI is InChI=1S/C9H18O3/c1-6(2)9(12)5-8(11)4-7(3)10/h6-7,9-10,12H,4-5H2,1-3H3. The number of hydrogen-bond donors (Lipinski definition) is 2. The van der Waals surface area contributed by atoms with Crippen molar-refractivity contribution in [3.8, 4) is 0 Å². The Kier molecular flexibility index (Phi) is 5.09. The maximum atomic E-state index is 11.0. The summed E-state index contributed by atoms with van der Waals surface area (Å²) in [6.45, 7) is 5.29. The Bertz CT molecular complexity index is 141. The lowest BCUT2D eigenvalue weighted by atomic mass is 10.00. The highest BCUT2D eigenvalue weighted by molar-refractivity contribution is 5.79. The number of Topliss-reactive ketones (excluding diaryl/α,β-unsaturated/α-hetero) is 1. The Balaban J connectivity index is 3.69. The van der Waals surface area contributed by atoms with Gasteiger partial charge in [0.15, 0.2) is 0 Å². The first-order valence-electron chi connectivity index (χ1n) is 4.31. The van der Waals surface area contributed by atoms with Gasteiger partial charge < -0.3 is 10.2 Å². The molecular weight excluding hydrogens is 156 g/mol. The minimum absolute atomic E-state index is 0.0776. The van der Waals surface area contributed by atoms with Crippen LogP contribution in [0.25, 0.3) is 0 Å². The van der Waals surface area contributed by atoms with Crippen LogP contribution in [0.2, 0.25) is 0 Å². The van der Waals surface area contributed by atoms with Crippen LogP contribution in [0.15, 0.2) is 0 Å². The molecule has 12 heavy (non-hydrogen) atoms. The van der Waals surface area contributed by atoms with Crippen molar-refractivity contribution in [3.63, 3.8) is 0 Å². The molecule has 0 rings (SSSR count). The molecule has 0 radical (unpaired) electrons. The molecule has 3 heteroatoms. The lowest BCUT2D eigenvalue weighted by Gasteiger charge is -2.13. The Hall–Kier alpha value is -0.410. The third-order valence-electron chi connectivity index (χ3n) is 1.73. The van der Waals surface area contributed by atoms with E-state index in [0.717, 1.165) is 0 Å². The first-order valence-corrected chi connectivity index (χ1v) is 4.31. The average Bonchev–Trinajstić information content (AvgIpc) is 1.84. The van der Waals surface area contributed by atoms with E-state index >= 15 is 0 Å². The van der Waals surface area contributed by atoms with Gasteiger partial charge in [-0.05, 0) is 12.8 Å². The van der Waals surface area contributed by atoms with Gasteiger partial charge in [0, 0.05) is 12.8 Å². The first kappa shape index (κ1) is 11.6. The summed E-state index contributed by atoms with van der Waals surface area (Å²) >= 11 is 0. The minimum atomic E-state index is -0.600. The number of carbonyl (C=O) groups is 1. The Morgan fingerprint density at radius 1 is 1.17 bits per heavy atom. The van der Waals surface area contributed by atoms with Crippen molar-refractivity contribution in [3.05, 3.63) is 0 Å². The summed E-state index contributed by atoms with van der Waals surface area (Å²) in [4.78, 5) is 11.0. The number of aliphatic hydroxyl groups is 2. The van der Waals surface area contributed by atoms with E-state index in [1.54, 1.807) is 6.92 Å². The number of carbonyl (C=O) groups excluding carboxylic acids is 1. The second-order valence-electron chi connectivity index (χ2n) is 3.61. The summed E-state index contributed by atoms with van der Waals surface area (Å²) in [5, 5.41) is 18.2. The molecule has 0 aliphatic rings. The third kappa shape index (κ3) is 5.27. The lowest BCUT2D eigenvalue weighted by molar-refractivity contribution is -0.123. The molecule has 0 amide bonds. The van der Waals surface area contributed by atoms with E-state index < -0.39 is 12.2 Å². The molecule has 2 unspecified atom stereocenters. The highest BCUT2D eigenvalue weighted by Gasteiger charge is 2.15. The second kappa shape index (κ2) is 5.27. The average molecular weight is 174 g/mol. The van der Waals surface area contributed by atoms with Crippen molar-refractivity contribution in [2.24, 2.45) is 5.92 Å². The van der Waals surface area contributed by atoms with Gasteiger partial charge in [0.1, 0.15) is 5.78 Å². The van der Waals surface area contributed by atoms with Crippen LogP contribution in [0, 0.1) is 5.92 Å². The van der Waals surface area contributed by atoms with Gasteiger partial charge >= 0.3 is 0 Å². The van der Waals surface area contributed by atoms with Crippen LogP contribution in [0.1, 0.15) is 33.6 Å². The molecular formula is C9H18O3. The monoisotopic (exact) mass is 174 g/mol. The second-order valence-corrected chi connectivity index (χ2v) is 3.61. The van der Waals surface area contributed by atoms with Crippen LogP contribution in [0.5, 0.6) is 0 Å². The fourth-order valence-electron chi connectivity index (χ4n) is 0.882. The van der Waals surface area contributed by atoms with Gasteiger partial charge in [-0.25, -0.2) is 0 Å². The van der Waals surface area contributed by atoms with Crippen molar-refractivity contribution >= 4 is 5.78 Å². The van der Waals surface area contributed by atoms with E-state index in [4.69, 9.17) is 5.11 Å². The SMILES string of the molecule is CC(O)CC(=O)CC(O)C(C)C. The number of ketones is 1. The molecule has 2 N–H and O–H groups in total. The van der Waals surface area contributed by atoms with E-state index in [9.17, 15) is 9.90 Å². The maximum absolute atomic E-state index is 11.0. The number of aliphatic hydroxyl groups excluding tert-OH is 2. The summed E-state index contributed by atoms with van der Waals surface area (Å²) in [6, 6.07) is 0. The minimum Gasteiger partial charge on any atom is -0.393 e. The van der Waals surface area contributed by atoms with Gasteiger partial charge in [-0.3, -0.25) is 4.79 Å². The lowest BCUT2D eigenvalue weighted by Crippen LogP contribution is -2.21. The molecule has 0 aliphatic heterocycles. The molecule has 0 aliphatic carbocycles. The molecule has 72 valence electrons. The molecule has 0 aromatic rings. The fraction of sp³-hybridized carbons (Fsp3) is 0.889. The smallest absolute Gasteiger partial charge is 0.138 e. The third-order valence-corrected chi connectivity index (χ3v) is 1.73. The van der Waals surface area contributed by atoms with Gasteiger partial charge in [-0.2, -0.15) is 0 Å². The Morgan fingerprint density at radius 3 is 2.00 bits per heavy atom. The summed E-state index contributed by atoms with van der Waals surface area (Å²) in [5.41, 5.74) is 0. The molecule has 3 nitrogen and oxygen atoms in total. The zero-order valence-electron chi connectivity index (χ0n) is 7.95. The van der Waals surface area contributed by atoms with Crippen molar-refractivity contribution in [2.75, 3.05) is 0 Å². The van der Waals surface area contributed by atoms with E-state index in [-0.39, 0.29) is 24.5 Å². The molecule has 2 atom stereocenters. The van der Waals surface area contributed by atoms with Crippen LogP contribution in [-0.2, 0) is 4.79 Å². The van der Waals surface area contributed by atoms with E-state index in [1.807, 2.05) is 13.8 Å². The zero-order valence-corrected chi connectivity index (χ0v) is 7.95. The molecule has 0 spiro atoms. The largest absolute Gasteiger partial charge is 0.393 e. The van der Waals surface area contributed by atoms with Gasteiger partial charge in [-0.15, -0.1) is 0 Å². The zero-order chi connectivity index (χ0) is 9.72. The highest BCUT2D eigenvalue weighted by atomic mass is 16.3. The summed E-state index contributed by atoms with van der Waals surface area (Å²) in [7, 11) is 0. The predicted molar refractivity (Wildman–Crippen MR) is 46.8 cm³/mol. The Labute approximate surface area is 73.4 Å². The van der Waals surface area contributed by atoms with E-state index in [2.05, 4.69) is 0 Å². The molecule has 0 aromatic carbocycles. The molecule has 0 heterocycles. The summed E-state index contributed by atoms with van der Waals surface area (Å²) in [6.07, 6.45) is -0.875. The van der Waals surface area contributed by atoms with Crippen molar-refractivity contribution < 1.29 is 15.0 Å². The van der Waals surface area contributed by atoms with Crippen LogP contribution < -0.4 is 0 Å². The van der Waals surface area contributed by atoms with Crippen molar-refractivity contribution in [1.82, 2.24) is 0 Å². The van der Waals surface area contributed by atoms with Gasteiger partial charge in [-0.1, -0.05) is 13.8 Å². The normalized spacial score (nSPS) is 16.2. The van der Waals surface area contributed by atoms with Gasteiger partial charge in [0.05, 0.1) is 12.2 Å². The van der Waals surface area contributed by atoms with Crippen molar-refractivity contribution in [2.45, 2.75) is 45.8 Å². The quantitative estimate of drug-likeness (QED) is 0.646. The molecule has 0 aromatic heterocycles. The van der Waals surface area contributed by atoms with Crippen LogP contribution in [-0.4, -0.2) is 28.2 Å². The summed E-state index contributed by atoms with van der Waals surface area (Å²) in [5.74, 6) is 0.0224. The molecule has 0 bridgehead atoms. The maximum Gasteiger partial charge on any atom is 0.138 e. The molecule has 0 saturated heterocycles. The topological polar surface area (TPSA) is 57.5 Å². The van der Waals surface area contributed by atoms with E-state index in [0.29, 0.717) is 0 Å². The van der Waals surface area contributed by atoms with Crippen LogP contribution in [0.4, 0.5) is 0 Å². The molecule has 0 saturated carbocycles. The number of rotatable bonds is 5.